The van der Waals surface area contributed by atoms with Gasteiger partial charge < -0.3 is 5.11 Å². The molecule has 94 valence electrons. The largest absolute Gasteiger partial charge is 0.387 e. The van der Waals surface area contributed by atoms with Crippen molar-refractivity contribution in [2.75, 3.05) is 5.75 Å². The van der Waals surface area contributed by atoms with E-state index in [1.807, 2.05) is 42.5 Å². The van der Waals surface area contributed by atoms with Gasteiger partial charge in [0.05, 0.1) is 22.7 Å². The number of hydrogen-bond donors (Lipinski definition) is 1. The van der Waals surface area contributed by atoms with Crippen molar-refractivity contribution in [1.29, 1.82) is 0 Å². The highest BCUT2D eigenvalue weighted by Gasteiger charge is 2.12. The Morgan fingerprint density at radius 2 is 1.67 bits per heavy atom. The van der Waals surface area contributed by atoms with Gasteiger partial charge in [0.1, 0.15) is 0 Å². The van der Waals surface area contributed by atoms with E-state index in [0.717, 1.165) is 14.9 Å². The van der Waals surface area contributed by atoms with Gasteiger partial charge in [0.25, 0.3) is 0 Å². The Hall–Kier alpha value is -0.970. The Morgan fingerprint density at radius 3 is 2.28 bits per heavy atom. The summed E-state index contributed by atoms with van der Waals surface area (Å²) in [6.07, 6.45) is -0.698. The summed E-state index contributed by atoms with van der Waals surface area (Å²) in [5, 5.41) is 10.0. The molecule has 0 saturated heterocycles. The van der Waals surface area contributed by atoms with E-state index < -0.39 is 16.9 Å². The van der Waals surface area contributed by atoms with Crippen LogP contribution in [0.3, 0.4) is 0 Å². The fourth-order valence-corrected chi connectivity index (χ4v) is 2.97. The van der Waals surface area contributed by atoms with Crippen molar-refractivity contribution in [3.8, 4) is 0 Å². The third-order valence-electron chi connectivity index (χ3n) is 2.57. The van der Waals surface area contributed by atoms with Gasteiger partial charge in [-0.3, -0.25) is 4.21 Å². The summed E-state index contributed by atoms with van der Waals surface area (Å²) in [6, 6.07) is 16.6. The Bertz CT molecular complexity index is 525. The van der Waals surface area contributed by atoms with Crippen molar-refractivity contribution in [2.45, 2.75) is 11.0 Å². The molecule has 2 rings (SSSR count). The summed E-state index contributed by atoms with van der Waals surface area (Å²) < 4.78 is 13.0. The smallest absolute Gasteiger partial charge is 0.0908 e. The second-order valence-corrected chi connectivity index (χ2v) is 6.30. The summed E-state index contributed by atoms with van der Waals surface area (Å²) in [5.41, 5.74) is 0.794. The molecule has 0 spiro atoms. The van der Waals surface area contributed by atoms with Crippen molar-refractivity contribution in [2.24, 2.45) is 0 Å². The molecule has 0 radical (unpaired) electrons. The minimum Gasteiger partial charge on any atom is -0.387 e. The van der Waals surface area contributed by atoms with Crippen LogP contribution in [0.15, 0.2) is 64.0 Å². The zero-order valence-electron chi connectivity index (χ0n) is 9.62. The molecule has 0 amide bonds. The Morgan fingerprint density at radius 1 is 1.06 bits per heavy atom. The maximum Gasteiger partial charge on any atom is 0.0908 e. The predicted molar refractivity (Wildman–Crippen MR) is 76.8 cm³/mol. The molecule has 4 heteroatoms. The lowest BCUT2D eigenvalue weighted by atomic mass is 10.1. The van der Waals surface area contributed by atoms with Crippen molar-refractivity contribution >= 4 is 26.7 Å². The van der Waals surface area contributed by atoms with Gasteiger partial charge in [0.15, 0.2) is 0 Å². The number of hydrogen-bond acceptors (Lipinski definition) is 2. The average Bonchev–Trinajstić information content (AvgIpc) is 2.40. The van der Waals surface area contributed by atoms with E-state index in [1.165, 1.54) is 0 Å². The van der Waals surface area contributed by atoms with Gasteiger partial charge >= 0.3 is 0 Å². The average molecular weight is 325 g/mol. The van der Waals surface area contributed by atoms with Crippen LogP contribution in [0.25, 0.3) is 0 Å². The molecule has 0 saturated carbocycles. The third-order valence-corrected chi connectivity index (χ3v) is 4.52. The maximum absolute atomic E-state index is 12.1. The van der Waals surface area contributed by atoms with Crippen LogP contribution in [0.5, 0.6) is 0 Å². The molecule has 0 bridgehead atoms. The van der Waals surface area contributed by atoms with E-state index in [4.69, 9.17) is 0 Å². The van der Waals surface area contributed by atoms with Crippen molar-refractivity contribution in [3.05, 3.63) is 64.6 Å². The zero-order valence-corrected chi connectivity index (χ0v) is 12.0. The van der Waals surface area contributed by atoms with Crippen molar-refractivity contribution in [3.63, 3.8) is 0 Å². The van der Waals surface area contributed by atoms with Crippen LogP contribution in [0.1, 0.15) is 11.7 Å². The molecule has 0 aliphatic heterocycles. The molecule has 1 unspecified atom stereocenters. The highest BCUT2D eigenvalue weighted by Crippen LogP contribution is 2.18. The Balaban J connectivity index is 2.06. The van der Waals surface area contributed by atoms with Crippen LogP contribution in [-0.2, 0) is 10.8 Å². The van der Waals surface area contributed by atoms with E-state index in [1.54, 1.807) is 12.1 Å². The first-order valence-electron chi connectivity index (χ1n) is 5.54. The molecule has 18 heavy (non-hydrogen) atoms. The first-order valence-corrected chi connectivity index (χ1v) is 7.65. The molecule has 0 fully saturated rings. The van der Waals surface area contributed by atoms with E-state index in [9.17, 15) is 9.32 Å². The van der Waals surface area contributed by atoms with Gasteiger partial charge in [-0.05, 0) is 29.8 Å². The molecule has 0 heterocycles. The number of aliphatic hydroxyl groups is 1. The highest BCUT2D eigenvalue weighted by molar-refractivity contribution is 9.10. The quantitative estimate of drug-likeness (QED) is 0.937. The molecular weight excluding hydrogens is 312 g/mol. The monoisotopic (exact) mass is 324 g/mol. The van der Waals surface area contributed by atoms with Crippen LogP contribution in [-0.4, -0.2) is 15.1 Å². The van der Waals surface area contributed by atoms with Crippen molar-refractivity contribution < 1.29 is 9.32 Å². The van der Waals surface area contributed by atoms with Crippen LogP contribution >= 0.6 is 15.9 Å². The lowest BCUT2D eigenvalue weighted by Gasteiger charge is -2.10. The summed E-state index contributed by atoms with van der Waals surface area (Å²) in [5.74, 6) is 0.214. The molecule has 0 aliphatic rings. The Labute approximate surface area is 117 Å². The van der Waals surface area contributed by atoms with Gasteiger partial charge in [-0.15, -0.1) is 0 Å². The molecule has 2 nitrogen and oxygen atoms in total. The van der Waals surface area contributed by atoms with Crippen LogP contribution in [0, 0.1) is 0 Å². The van der Waals surface area contributed by atoms with Gasteiger partial charge in [-0.2, -0.15) is 0 Å². The van der Waals surface area contributed by atoms with Crippen molar-refractivity contribution in [1.82, 2.24) is 0 Å². The number of aliphatic hydroxyl groups excluding tert-OH is 1. The zero-order chi connectivity index (χ0) is 13.0. The first-order chi connectivity index (χ1) is 8.66. The van der Waals surface area contributed by atoms with Gasteiger partial charge in [0, 0.05) is 9.37 Å². The normalized spacial score (nSPS) is 14.1. The molecule has 2 aromatic carbocycles. The fourth-order valence-electron chi connectivity index (χ4n) is 1.60. The minimum atomic E-state index is -1.19. The molecule has 0 aliphatic carbocycles. The van der Waals surface area contributed by atoms with E-state index in [2.05, 4.69) is 15.9 Å². The van der Waals surface area contributed by atoms with Gasteiger partial charge in [-0.25, -0.2) is 0 Å². The summed E-state index contributed by atoms with van der Waals surface area (Å²) in [7, 11) is -1.19. The molecule has 2 atom stereocenters. The fraction of sp³-hybridized carbons (Fsp3) is 0.143. The van der Waals surface area contributed by atoms with Gasteiger partial charge in [-0.1, -0.05) is 46.3 Å². The second kappa shape index (κ2) is 6.27. The molecular formula is C14H13BrO2S. The number of benzene rings is 2. The van der Waals surface area contributed by atoms with Crippen LogP contribution in [0.2, 0.25) is 0 Å². The van der Waals surface area contributed by atoms with Crippen LogP contribution in [0.4, 0.5) is 0 Å². The minimum absolute atomic E-state index is 0.214. The van der Waals surface area contributed by atoms with Crippen LogP contribution < -0.4 is 0 Å². The standard InChI is InChI=1S/C14H13BrO2S/c15-12-6-8-13(9-7-12)18(17)10-14(16)11-4-2-1-3-5-11/h1-9,14,16H,10H2/t14-,18?/m0/s1. The summed E-state index contributed by atoms with van der Waals surface area (Å²) in [4.78, 5) is 0.730. The molecule has 2 aromatic rings. The number of rotatable bonds is 4. The SMILES string of the molecule is O=S(C[C@H](O)c1ccccc1)c1ccc(Br)cc1. The lowest BCUT2D eigenvalue weighted by molar-refractivity contribution is 0.203. The van der Waals surface area contributed by atoms with Gasteiger partial charge in [0.2, 0.25) is 0 Å². The predicted octanol–water partition coefficient (Wildman–Crippen LogP) is 3.29. The summed E-state index contributed by atoms with van der Waals surface area (Å²) in [6.45, 7) is 0. The third kappa shape index (κ3) is 3.51. The second-order valence-electron chi connectivity index (χ2n) is 3.89. The number of halogens is 1. The van der Waals surface area contributed by atoms with E-state index in [-0.39, 0.29) is 5.75 Å². The maximum atomic E-state index is 12.1. The molecule has 0 aromatic heterocycles. The van der Waals surface area contributed by atoms with E-state index in [0.29, 0.717) is 0 Å². The highest BCUT2D eigenvalue weighted by atomic mass is 79.9. The first kappa shape index (κ1) is 13.5. The summed E-state index contributed by atoms with van der Waals surface area (Å²) >= 11 is 3.33. The van der Waals surface area contributed by atoms with E-state index >= 15 is 0 Å². The molecule has 1 N–H and O–H groups in total. The lowest BCUT2D eigenvalue weighted by Crippen LogP contribution is -2.09. The Kier molecular flexibility index (Phi) is 4.69. The topological polar surface area (TPSA) is 37.3 Å².